The molecule has 2 aliphatic heterocycles. The number of morpholine rings is 1. The van der Waals surface area contributed by atoms with Crippen molar-refractivity contribution in [3.05, 3.63) is 33.7 Å². The number of nitrogens with zero attached hydrogens (tertiary/aromatic N) is 2. The van der Waals surface area contributed by atoms with Crippen molar-refractivity contribution in [1.82, 2.24) is 9.80 Å². The molecule has 7 heteroatoms. The van der Waals surface area contributed by atoms with Gasteiger partial charge in [-0.25, -0.2) is 0 Å². The van der Waals surface area contributed by atoms with E-state index in [0.717, 1.165) is 47.9 Å². The summed E-state index contributed by atoms with van der Waals surface area (Å²) in [5, 5.41) is 10.9. The maximum Gasteiger partial charge on any atom is 0.262 e. The predicted octanol–water partition coefficient (Wildman–Crippen LogP) is 4.57. The first kappa shape index (κ1) is 25.1. The van der Waals surface area contributed by atoms with Gasteiger partial charge in [-0.05, 0) is 34.6 Å². The van der Waals surface area contributed by atoms with Crippen molar-refractivity contribution >= 4 is 36.2 Å². The molecular weight excluding hydrogens is 420 g/mol. The maximum atomic E-state index is 12.9. The first-order valence-corrected chi connectivity index (χ1v) is 11.3. The number of hydrogen-bond donors (Lipinski definition) is 1. The van der Waals surface area contributed by atoms with Gasteiger partial charge in [0.2, 0.25) is 0 Å². The summed E-state index contributed by atoms with van der Waals surface area (Å²) in [6, 6.07) is 4.05. The lowest BCUT2D eigenvalue weighted by molar-refractivity contribution is -0.127. The van der Waals surface area contributed by atoms with Gasteiger partial charge < -0.3 is 14.7 Å². The zero-order chi connectivity index (χ0) is 21.4. The average Bonchev–Trinajstić information content (AvgIpc) is 2.95. The molecule has 1 aromatic rings. The Kier molecular flexibility index (Phi) is 7.94. The third kappa shape index (κ3) is 5.72. The van der Waals surface area contributed by atoms with Gasteiger partial charge in [0, 0.05) is 24.2 Å². The van der Waals surface area contributed by atoms with Crippen LogP contribution in [-0.4, -0.2) is 59.7 Å². The number of thioether (sulfide) groups is 1. The number of phenolic OH excluding ortho intramolecular Hbond substituents is 1. The molecule has 3 rings (SSSR count). The number of hydrogen-bond acceptors (Lipinski definition) is 5. The van der Waals surface area contributed by atoms with Crippen molar-refractivity contribution in [2.24, 2.45) is 0 Å². The summed E-state index contributed by atoms with van der Waals surface area (Å²) in [5.41, 5.74) is 2.43. The van der Waals surface area contributed by atoms with Crippen LogP contribution in [0, 0.1) is 0 Å². The van der Waals surface area contributed by atoms with E-state index in [-0.39, 0.29) is 29.1 Å². The van der Waals surface area contributed by atoms with Crippen LogP contribution in [0.5, 0.6) is 5.75 Å². The van der Waals surface area contributed by atoms with Gasteiger partial charge in [-0.15, -0.1) is 12.4 Å². The molecular formula is C23H35ClN2O3S. The molecule has 2 fully saturated rings. The molecule has 2 saturated heterocycles. The average molecular weight is 455 g/mol. The lowest BCUT2D eigenvalue weighted by Gasteiger charge is -2.30. The number of carbonyl (C=O) groups excluding carboxylic acids is 1. The van der Waals surface area contributed by atoms with E-state index in [2.05, 4.69) is 46.4 Å². The number of rotatable bonds is 3. The van der Waals surface area contributed by atoms with Crippen LogP contribution < -0.4 is 0 Å². The highest BCUT2D eigenvalue weighted by molar-refractivity contribution is 8.04. The zero-order valence-electron chi connectivity index (χ0n) is 18.9. The SMILES string of the molecule is CC(C)(C)c1cc(/C=C2\SCN(CN3CCOCC3)C2=O)cc(C(C)(C)C)c1O.Cl. The van der Waals surface area contributed by atoms with Crippen molar-refractivity contribution in [2.75, 3.05) is 38.8 Å². The second-order valence-electron chi connectivity index (χ2n) is 9.96. The molecule has 5 nitrogen and oxygen atoms in total. The Balaban J connectivity index is 0.00000320. The van der Waals surface area contributed by atoms with E-state index in [9.17, 15) is 9.90 Å². The van der Waals surface area contributed by atoms with Gasteiger partial charge in [0.15, 0.2) is 0 Å². The van der Waals surface area contributed by atoms with Crippen molar-refractivity contribution in [3.8, 4) is 5.75 Å². The summed E-state index contributed by atoms with van der Waals surface area (Å²) >= 11 is 1.59. The van der Waals surface area contributed by atoms with Crippen LogP contribution >= 0.6 is 24.2 Å². The normalized spacial score (nSPS) is 20.0. The third-order valence-electron chi connectivity index (χ3n) is 5.39. The topological polar surface area (TPSA) is 53.0 Å². The summed E-state index contributed by atoms with van der Waals surface area (Å²) in [6.07, 6.45) is 1.98. The van der Waals surface area contributed by atoms with E-state index in [0.29, 0.717) is 18.3 Å². The fraction of sp³-hybridized carbons (Fsp3) is 0.609. The maximum absolute atomic E-state index is 12.9. The molecule has 0 aromatic heterocycles. The van der Waals surface area contributed by atoms with Crippen LogP contribution in [0.3, 0.4) is 0 Å². The number of aromatic hydroxyl groups is 1. The Morgan fingerprint density at radius 2 is 1.60 bits per heavy atom. The van der Waals surface area contributed by atoms with E-state index in [4.69, 9.17) is 4.74 Å². The second kappa shape index (κ2) is 9.51. The Labute approximate surface area is 191 Å². The minimum Gasteiger partial charge on any atom is -0.507 e. The fourth-order valence-electron chi connectivity index (χ4n) is 3.65. The first-order valence-electron chi connectivity index (χ1n) is 10.3. The summed E-state index contributed by atoms with van der Waals surface area (Å²) < 4.78 is 5.40. The highest BCUT2D eigenvalue weighted by atomic mass is 35.5. The summed E-state index contributed by atoms with van der Waals surface area (Å²) in [6.45, 7) is 16.5. The highest BCUT2D eigenvalue weighted by Gasteiger charge is 2.30. The van der Waals surface area contributed by atoms with Gasteiger partial charge in [0.05, 0.1) is 30.7 Å². The van der Waals surface area contributed by atoms with Crippen molar-refractivity contribution in [3.63, 3.8) is 0 Å². The number of benzene rings is 1. The van der Waals surface area contributed by atoms with Gasteiger partial charge in [0.25, 0.3) is 5.91 Å². The van der Waals surface area contributed by atoms with Crippen molar-refractivity contribution < 1.29 is 14.6 Å². The minimum atomic E-state index is -0.187. The van der Waals surface area contributed by atoms with E-state index in [1.54, 1.807) is 11.8 Å². The molecule has 2 aliphatic rings. The Morgan fingerprint density at radius 3 is 2.10 bits per heavy atom. The molecule has 0 unspecified atom stereocenters. The summed E-state index contributed by atoms with van der Waals surface area (Å²) in [5.74, 6) is 1.13. The molecule has 1 N–H and O–H groups in total. The van der Waals surface area contributed by atoms with Crippen LogP contribution in [0.25, 0.3) is 6.08 Å². The number of ether oxygens (including phenoxy) is 1. The fourth-order valence-corrected chi connectivity index (χ4v) is 4.62. The third-order valence-corrected chi connectivity index (χ3v) is 6.44. The number of carbonyl (C=O) groups is 1. The quantitative estimate of drug-likeness (QED) is 0.678. The summed E-state index contributed by atoms with van der Waals surface area (Å²) in [7, 11) is 0. The smallest absolute Gasteiger partial charge is 0.262 e. The van der Waals surface area contributed by atoms with Crippen molar-refractivity contribution in [1.29, 1.82) is 0 Å². The number of phenols is 1. The molecule has 168 valence electrons. The minimum absolute atomic E-state index is 0. The Morgan fingerprint density at radius 1 is 1.07 bits per heavy atom. The largest absolute Gasteiger partial charge is 0.507 e. The van der Waals surface area contributed by atoms with Gasteiger partial charge in [-0.3, -0.25) is 9.69 Å². The molecule has 0 bridgehead atoms. The van der Waals surface area contributed by atoms with Crippen LogP contribution in [-0.2, 0) is 20.4 Å². The standard InChI is InChI=1S/C23H34N2O3S.ClH/c1-22(2,3)17-11-16(12-18(20(17)26)23(4,5)6)13-19-21(27)25(15-29-19)14-24-7-9-28-10-8-24;/h11-13,26H,7-10,14-15H2,1-6H3;1H/b19-13-;. The van der Waals surface area contributed by atoms with Crippen LogP contribution in [0.2, 0.25) is 0 Å². The van der Waals surface area contributed by atoms with Crippen LogP contribution in [0.1, 0.15) is 58.2 Å². The molecule has 0 radical (unpaired) electrons. The second-order valence-corrected chi connectivity index (χ2v) is 11.0. The molecule has 0 saturated carbocycles. The first-order chi connectivity index (χ1) is 13.5. The van der Waals surface area contributed by atoms with E-state index in [1.165, 1.54) is 0 Å². The van der Waals surface area contributed by atoms with Crippen LogP contribution in [0.15, 0.2) is 17.0 Å². The van der Waals surface area contributed by atoms with Gasteiger partial charge in [-0.1, -0.05) is 53.3 Å². The van der Waals surface area contributed by atoms with Gasteiger partial charge in [0.1, 0.15) is 5.75 Å². The molecule has 30 heavy (non-hydrogen) atoms. The Bertz CT molecular complexity index is 771. The molecule has 1 amide bonds. The van der Waals surface area contributed by atoms with Gasteiger partial charge in [-0.2, -0.15) is 0 Å². The zero-order valence-corrected chi connectivity index (χ0v) is 20.6. The van der Waals surface area contributed by atoms with Crippen molar-refractivity contribution in [2.45, 2.75) is 52.4 Å². The molecule has 0 spiro atoms. The van der Waals surface area contributed by atoms with E-state index in [1.807, 2.05) is 23.1 Å². The predicted molar refractivity (Wildman–Crippen MR) is 127 cm³/mol. The summed E-state index contributed by atoms with van der Waals surface area (Å²) in [4.78, 5) is 17.9. The number of amides is 1. The molecule has 0 atom stereocenters. The van der Waals surface area contributed by atoms with E-state index < -0.39 is 0 Å². The molecule has 0 aliphatic carbocycles. The monoisotopic (exact) mass is 454 g/mol. The Hall–Kier alpha value is -1.21. The number of halogens is 1. The molecule has 2 heterocycles. The van der Waals surface area contributed by atoms with Crippen LogP contribution in [0.4, 0.5) is 0 Å². The highest BCUT2D eigenvalue weighted by Crippen LogP contribution is 2.41. The van der Waals surface area contributed by atoms with Gasteiger partial charge >= 0.3 is 0 Å². The lowest BCUT2D eigenvalue weighted by Crippen LogP contribution is -2.44. The molecule has 1 aromatic carbocycles. The lowest BCUT2D eigenvalue weighted by atomic mass is 9.78. The van der Waals surface area contributed by atoms with E-state index >= 15 is 0 Å².